The Bertz CT molecular complexity index is 469. The molecule has 0 atom stereocenters. The average molecular weight is 337 g/mol. The Morgan fingerprint density at radius 2 is 1.67 bits per heavy atom. The molecule has 0 unspecified atom stereocenters. The Morgan fingerprint density at radius 3 is 2.17 bits per heavy atom. The zero-order valence-electron chi connectivity index (χ0n) is 16.0. The standard InChI is InChI=1S/C16H25N3O.C2H6.CH5N/c1-2-14-13(9-10-17)16(20-12-5-3-4-6-12)19-15(18-14)11-7-8-11;2*1-2/h11-12H,2-10,17H2,1H3;1-2H3;2H2,1H3. The Labute approximate surface area is 147 Å². The normalized spacial score (nSPS) is 16.8. The molecule has 2 aliphatic rings. The fourth-order valence-corrected chi connectivity index (χ4v) is 3.00. The minimum atomic E-state index is 0.346. The maximum absolute atomic E-state index is 6.21. The van der Waals surface area contributed by atoms with Gasteiger partial charge in [0.2, 0.25) is 5.88 Å². The van der Waals surface area contributed by atoms with Crippen molar-refractivity contribution in [3.8, 4) is 5.88 Å². The van der Waals surface area contributed by atoms with Crippen molar-refractivity contribution in [3.63, 3.8) is 0 Å². The van der Waals surface area contributed by atoms with Gasteiger partial charge < -0.3 is 16.2 Å². The molecule has 1 aromatic rings. The van der Waals surface area contributed by atoms with Crippen LogP contribution in [0, 0.1) is 0 Å². The molecule has 138 valence electrons. The van der Waals surface area contributed by atoms with E-state index in [0.29, 0.717) is 18.6 Å². The minimum absolute atomic E-state index is 0.346. The summed E-state index contributed by atoms with van der Waals surface area (Å²) in [6.07, 6.45) is 9.41. The number of aryl methyl sites for hydroxylation is 1. The Morgan fingerprint density at radius 1 is 1.04 bits per heavy atom. The van der Waals surface area contributed by atoms with E-state index in [1.54, 1.807) is 0 Å². The molecule has 0 radical (unpaired) electrons. The molecule has 0 aliphatic heterocycles. The maximum atomic E-state index is 6.21. The fraction of sp³-hybridized carbons (Fsp3) is 0.789. The van der Waals surface area contributed by atoms with Crippen LogP contribution in [0.4, 0.5) is 0 Å². The largest absolute Gasteiger partial charge is 0.474 e. The van der Waals surface area contributed by atoms with Gasteiger partial charge in [0, 0.05) is 11.5 Å². The first-order chi connectivity index (χ1) is 11.8. The molecule has 1 heterocycles. The predicted octanol–water partition coefficient (Wildman–Crippen LogP) is 3.34. The van der Waals surface area contributed by atoms with Crippen molar-refractivity contribution < 1.29 is 4.74 Å². The highest BCUT2D eigenvalue weighted by atomic mass is 16.5. The van der Waals surface area contributed by atoms with Gasteiger partial charge in [-0.2, -0.15) is 4.98 Å². The lowest BCUT2D eigenvalue weighted by Crippen LogP contribution is -2.17. The third-order valence-electron chi connectivity index (χ3n) is 4.32. The second-order valence-electron chi connectivity index (χ2n) is 6.00. The summed E-state index contributed by atoms with van der Waals surface area (Å²) in [5.74, 6) is 2.39. The Kier molecular flexibility index (Phi) is 9.88. The number of hydrogen-bond donors (Lipinski definition) is 2. The van der Waals surface area contributed by atoms with E-state index in [2.05, 4.69) is 12.7 Å². The van der Waals surface area contributed by atoms with E-state index in [1.807, 2.05) is 13.8 Å². The third-order valence-corrected chi connectivity index (χ3v) is 4.32. The van der Waals surface area contributed by atoms with Gasteiger partial charge in [-0.25, -0.2) is 4.98 Å². The predicted molar refractivity (Wildman–Crippen MR) is 100 cm³/mol. The van der Waals surface area contributed by atoms with Crippen LogP contribution in [0.1, 0.15) is 82.3 Å². The Balaban J connectivity index is 0.000000671. The van der Waals surface area contributed by atoms with Crippen molar-refractivity contribution in [2.45, 2.75) is 84.2 Å². The van der Waals surface area contributed by atoms with E-state index in [9.17, 15) is 0 Å². The fourth-order valence-electron chi connectivity index (χ4n) is 3.00. The van der Waals surface area contributed by atoms with Gasteiger partial charge in [-0.15, -0.1) is 0 Å². The van der Waals surface area contributed by atoms with Crippen LogP contribution in [0.25, 0.3) is 0 Å². The van der Waals surface area contributed by atoms with Crippen LogP contribution in [-0.4, -0.2) is 29.7 Å². The lowest BCUT2D eigenvalue weighted by Gasteiger charge is -2.18. The van der Waals surface area contributed by atoms with Gasteiger partial charge >= 0.3 is 0 Å². The van der Waals surface area contributed by atoms with Crippen molar-refractivity contribution in [3.05, 3.63) is 17.1 Å². The molecule has 2 saturated carbocycles. The summed E-state index contributed by atoms with van der Waals surface area (Å²) in [7, 11) is 1.50. The molecule has 0 amide bonds. The molecule has 5 heteroatoms. The van der Waals surface area contributed by atoms with Crippen LogP contribution in [0.2, 0.25) is 0 Å². The molecule has 0 bridgehead atoms. The van der Waals surface area contributed by atoms with Crippen LogP contribution >= 0.6 is 0 Å². The molecule has 24 heavy (non-hydrogen) atoms. The summed E-state index contributed by atoms with van der Waals surface area (Å²) in [5, 5.41) is 0. The summed E-state index contributed by atoms with van der Waals surface area (Å²) in [6, 6.07) is 0. The van der Waals surface area contributed by atoms with Gasteiger partial charge in [-0.1, -0.05) is 20.8 Å². The van der Waals surface area contributed by atoms with Crippen molar-refractivity contribution in [2.75, 3.05) is 13.6 Å². The summed E-state index contributed by atoms with van der Waals surface area (Å²) in [4.78, 5) is 9.50. The van der Waals surface area contributed by atoms with E-state index < -0.39 is 0 Å². The van der Waals surface area contributed by atoms with Crippen LogP contribution in [0.15, 0.2) is 0 Å². The number of nitrogens with two attached hydrogens (primary N) is 2. The lowest BCUT2D eigenvalue weighted by atomic mass is 10.1. The van der Waals surface area contributed by atoms with E-state index in [0.717, 1.165) is 48.6 Å². The number of rotatable bonds is 6. The first kappa shape index (κ1) is 20.8. The van der Waals surface area contributed by atoms with Gasteiger partial charge in [-0.05, 0) is 65.0 Å². The quantitative estimate of drug-likeness (QED) is 0.832. The van der Waals surface area contributed by atoms with E-state index in [-0.39, 0.29) is 0 Å². The molecule has 0 saturated heterocycles. The number of aromatic nitrogens is 2. The Hall–Kier alpha value is -1.20. The smallest absolute Gasteiger partial charge is 0.220 e. The molecular weight excluding hydrogens is 300 g/mol. The average Bonchev–Trinajstić information content (AvgIpc) is 3.37. The topological polar surface area (TPSA) is 87.0 Å². The highest BCUT2D eigenvalue weighted by Gasteiger charge is 2.29. The number of ether oxygens (including phenoxy) is 1. The lowest BCUT2D eigenvalue weighted by molar-refractivity contribution is 0.198. The summed E-state index contributed by atoms with van der Waals surface area (Å²) in [6.45, 7) is 6.78. The molecule has 0 aromatic carbocycles. The molecule has 4 N–H and O–H groups in total. The first-order valence-corrected chi connectivity index (χ1v) is 9.66. The third kappa shape index (κ3) is 5.71. The molecule has 2 fully saturated rings. The molecule has 0 spiro atoms. The van der Waals surface area contributed by atoms with E-state index in [4.69, 9.17) is 20.4 Å². The first-order valence-electron chi connectivity index (χ1n) is 9.66. The molecular formula is C19H36N4O. The van der Waals surface area contributed by atoms with E-state index in [1.165, 1.54) is 32.7 Å². The second-order valence-corrected chi connectivity index (χ2v) is 6.00. The maximum Gasteiger partial charge on any atom is 0.220 e. The monoisotopic (exact) mass is 336 g/mol. The highest BCUT2D eigenvalue weighted by molar-refractivity contribution is 5.33. The molecule has 2 aliphatic carbocycles. The summed E-state index contributed by atoms with van der Waals surface area (Å²) in [5.41, 5.74) is 12.5. The van der Waals surface area contributed by atoms with Crippen LogP contribution < -0.4 is 16.2 Å². The second kappa shape index (κ2) is 11.4. The number of hydrogen-bond acceptors (Lipinski definition) is 5. The van der Waals surface area contributed by atoms with Crippen molar-refractivity contribution in [1.29, 1.82) is 0 Å². The molecule has 5 nitrogen and oxygen atoms in total. The minimum Gasteiger partial charge on any atom is -0.474 e. The summed E-state index contributed by atoms with van der Waals surface area (Å²) >= 11 is 0. The zero-order valence-corrected chi connectivity index (χ0v) is 16.0. The molecule has 1 aromatic heterocycles. The van der Waals surface area contributed by atoms with Crippen molar-refractivity contribution in [2.24, 2.45) is 11.5 Å². The number of nitrogens with zero attached hydrogens (tertiary/aromatic N) is 2. The zero-order chi connectivity index (χ0) is 17.9. The summed E-state index contributed by atoms with van der Waals surface area (Å²) < 4.78 is 6.21. The molecule has 3 rings (SSSR count). The van der Waals surface area contributed by atoms with Crippen molar-refractivity contribution in [1.82, 2.24) is 9.97 Å². The van der Waals surface area contributed by atoms with E-state index >= 15 is 0 Å². The van der Waals surface area contributed by atoms with Crippen LogP contribution in [-0.2, 0) is 12.8 Å². The van der Waals surface area contributed by atoms with Gasteiger partial charge in [0.25, 0.3) is 0 Å². The van der Waals surface area contributed by atoms with Gasteiger partial charge in [0.15, 0.2) is 0 Å². The highest BCUT2D eigenvalue weighted by Crippen LogP contribution is 2.39. The van der Waals surface area contributed by atoms with Gasteiger partial charge in [0.1, 0.15) is 11.9 Å². The van der Waals surface area contributed by atoms with Crippen molar-refractivity contribution >= 4 is 0 Å². The van der Waals surface area contributed by atoms with Crippen LogP contribution in [0.3, 0.4) is 0 Å². The van der Waals surface area contributed by atoms with Gasteiger partial charge in [0.05, 0.1) is 5.69 Å². The van der Waals surface area contributed by atoms with Crippen LogP contribution in [0.5, 0.6) is 5.88 Å². The SMILES string of the molecule is CC.CCc1nc(C2CC2)nc(OC2CCCC2)c1CCN.CN. The van der Waals surface area contributed by atoms with Gasteiger partial charge in [-0.3, -0.25) is 0 Å².